The van der Waals surface area contributed by atoms with Gasteiger partial charge in [-0.3, -0.25) is 4.79 Å². The van der Waals surface area contributed by atoms with Crippen LogP contribution >= 0.6 is 0 Å². The van der Waals surface area contributed by atoms with Gasteiger partial charge in [-0.15, -0.1) is 0 Å². The number of hydrogen-bond donors (Lipinski definition) is 3. The van der Waals surface area contributed by atoms with Crippen molar-refractivity contribution in [2.24, 2.45) is 0 Å². The van der Waals surface area contributed by atoms with E-state index in [-0.39, 0.29) is 23.6 Å². The minimum atomic E-state index is -4.06. The molecule has 1 aliphatic carbocycles. The Morgan fingerprint density at radius 3 is 2.43 bits per heavy atom. The molecule has 9 nitrogen and oxygen atoms in total. The Hall–Kier alpha value is -3.15. The van der Waals surface area contributed by atoms with Crippen LogP contribution in [0.1, 0.15) is 24.0 Å². The molecule has 186 valence electrons. The van der Waals surface area contributed by atoms with Gasteiger partial charge in [0.2, 0.25) is 10.0 Å². The third kappa shape index (κ3) is 6.50. The summed E-state index contributed by atoms with van der Waals surface area (Å²) in [5, 5.41) is 10.5. The van der Waals surface area contributed by atoms with Gasteiger partial charge >= 0.3 is 10.2 Å². The molecule has 1 heterocycles. The van der Waals surface area contributed by atoms with E-state index in [2.05, 4.69) is 4.72 Å². The highest BCUT2D eigenvalue weighted by molar-refractivity contribution is 7.92. The topological polar surface area (TPSA) is 133 Å². The number of phenolic OH excluding ortho intramolecular Hbond substituents is 1. The van der Waals surface area contributed by atoms with E-state index in [0.717, 1.165) is 28.3 Å². The summed E-state index contributed by atoms with van der Waals surface area (Å²) in [6.07, 6.45) is 8.12. The van der Waals surface area contributed by atoms with Gasteiger partial charge in [-0.2, -0.15) is 8.42 Å². The second-order valence-electron chi connectivity index (χ2n) is 8.59. The molecule has 0 saturated carbocycles. The molecule has 0 spiro atoms. The summed E-state index contributed by atoms with van der Waals surface area (Å²) in [6, 6.07) is 13.4. The molecule has 11 heteroatoms. The highest BCUT2D eigenvalue weighted by Crippen LogP contribution is 2.32. The Kier molecular flexibility index (Phi) is 7.29. The minimum absolute atomic E-state index is 0.0247. The predicted octanol–water partition coefficient (Wildman–Crippen LogP) is 1.92. The minimum Gasteiger partial charge on any atom is -0.506 e. The highest BCUT2D eigenvalue weighted by atomic mass is 32.2. The van der Waals surface area contributed by atoms with E-state index in [1.54, 1.807) is 6.07 Å². The van der Waals surface area contributed by atoms with E-state index >= 15 is 0 Å². The van der Waals surface area contributed by atoms with Crippen molar-refractivity contribution in [1.29, 1.82) is 0 Å². The maximum absolute atomic E-state index is 12.9. The number of sulfonamides is 1. The van der Waals surface area contributed by atoms with Crippen LogP contribution < -0.4 is 13.7 Å². The lowest BCUT2D eigenvalue weighted by Crippen LogP contribution is -2.39. The van der Waals surface area contributed by atoms with Crippen molar-refractivity contribution in [3.63, 3.8) is 0 Å². The average molecular weight is 518 g/mol. The Bertz CT molecular complexity index is 1370. The zero-order chi connectivity index (χ0) is 25.1. The van der Waals surface area contributed by atoms with Gasteiger partial charge in [0.1, 0.15) is 12.3 Å². The quantitative estimate of drug-likeness (QED) is 0.466. The van der Waals surface area contributed by atoms with Gasteiger partial charge < -0.3 is 5.11 Å². The number of carbonyl (C=O) groups is 1. The lowest BCUT2D eigenvalue weighted by atomic mass is 9.99. The summed E-state index contributed by atoms with van der Waals surface area (Å²) in [5.41, 5.74) is 2.29. The van der Waals surface area contributed by atoms with Crippen molar-refractivity contribution < 1.29 is 26.7 Å². The van der Waals surface area contributed by atoms with E-state index in [1.165, 1.54) is 12.1 Å². The van der Waals surface area contributed by atoms with Gasteiger partial charge in [0.25, 0.3) is 5.91 Å². The first kappa shape index (κ1) is 25.0. The van der Waals surface area contributed by atoms with Crippen LogP contribution in [0.3, 0.4) is 0 Å². The maximum atomic E-state index is 12.9. The van der Waals surface area contributed by atoms with Crippen molar-refractivity contribution in [1.82, 2.24) is 9.44 Å². The standard InChI is InChI=1S/C24H27N3O6S2/c28-23-15-20(11-12-22(23)27-16-24(29)26-35(27,32)33)14-21(13-18-7-3-1-4-8-18)25-34(30,31)17-19-9-5-2-6-10-19/h1,3-5,7-12,15,21,25,28H,2,6,13-14,16-17H2,(H,26,29)/t21-/m1/s1. The summed E-state index contributed by atoms with van der Waals surface area (Å²) in [5.74, 6) is -1.12. The van der Waals surface area contributed by atoms with E-state index in [0.29, 0.717) is 12.0 Å². The molecule has 0 unspecified atom stereocenters. The predicted molar refractivity (Wildman–Crippen MR) is 134 cm³/mol. The fraction of sp³-hybridized carbons (Fsp3) is 0.292. The van der Waals surface area contributed by atoms with Crippen LogP contribution in [0, 0.1) is 0 Å². The molecule has 1 fully saturated rings. The van der Waals surface area contributed by atoms with Gasteiger partial charge in [-0.1, -0.05) is 54.6 Å². The van der Waals surface area contributed by atoms with Crippen LogP contribution in [0.5, 0.6) is 5.75 Å². The molecular formula is C24H27N3O6S2. The van der Waals surface area contributed by atoms with Gasteiger partial charge in [-0.25, -0.2) is 22.2 Å². The van der Waals surface area contributed by atoms with Gasteiger partial charge in [0, 0.05) is 6.04 Å². The van der Waals surface area contributed by atoms with Crippen LogP contribution in [0.4, 0.5) is 5.69 Å². The molecule has 0 bridgehead atoms. The second kappa shape index (κ2) is 10.2. The lowest BCUT2D eigenvalue weighted by molar-refractivity contribution is -0.117. The van der Waals surface area contributed by atoms with Crippen molar-refractivity contribution >= 4 is 31.8 Å². The van der Waals surface area contributed by atoms with E-state index in [9.17, 15) is 26.7 Å². The Balaban J connectivity index is 1.55. The number of carbonyl (C=O) groups excluding carboxylic acids is 1. The molecule has 2 aromatic rings. The number of aromatic hydroxyl groups is 1. The van der Waals surface area contributed by atoms with Crippen LogP contribution in [0.25, 0.3) is 0 Å². The normalized spacial score (nSPS) is 18.2. The molecule has 0 radical (unpaired) electrons. The Labute approximate surface area is 205 Å². The number of nitrogens with zero attached hydrogens (tertiary/aromatic N) is 1. The maximum Gasteiger partial charge on any atom is 0.326 e. The number of rotatable bonds is 9. The van der Waals surface area contributed by atoms with Crippen LogP contribution in [-0.4, -0.2) is 46.2 Å². The number of allylic oxidation sites excluding steroid dienone is 3. The molecule has 1 atom stereocenters. The molecular weight excluding hydrogens is 490 g/mol. The zero-order valence-electron chi connectivity index (χ0n) is 18.9. The lowest BCUT2D eigenvalue weighted by Gasteiger charge is -2.21. The summed E-state index contributed by atoms with van der Waals surface area (Å²) in [4.78, 5) is 11.5. The largest absolute Gasteiger partial charge is 0.506 e. The number of phenols is 1. The Morgan fingerprint density at radius 2 is 1.80 bits per heavy atom. The van der Waals surface area contributed by atoms with E-state index in [1.807, 2.05) is 53.3 Å². The molecule has 1 amide bonds. The summed E-state index contributed by atoms with van der Waals surface area (Å²) < 4.78 is 55.6. The van der Waals surface area contributed by atoms with E-state index < -0.39 is 38.7 Å². The number of amides is 1. The van der Waals surface area contributed by atoms with Crippen molar-refractivity contribution in [2.45, 2.75) is 31.7 Å². The molecule has 1 aliphatic heterocycles. The average Bonchev–Trinajstić information content (AvgIpc) is 3.06. The first-order chi connectivity index (χ1) is 16.6. The molecule has 3 N–H and O–H groups in total. The van der Waals surface area contributed by atoms with Crippen LogP contribution in [-0.2, 0) is 37.9 Å². The van der Waals surface area contributed by atoms with Crippen LogP contribution in [0.15, 0.2) is 72.3 Å². The fourth-order valence-corrected chi connectivity index (χ4v) is 6.77. The van der Waals surface area contributed by atoms with E-state index in [4.69, 9.17) is 0 Å². The SMILES string of the molecule is O=C1CN(c2ccc(C[C@@H](Cc3ccccc3)NS(=O)(=O)CC3=CCCC=C3)cc2O)S(=O)(=O)N1. The smallest absolute Gasteiger partial charge is 0.326 e. The van der Waals surface area contributed by atoms with Gasteiger partial charge in [-0.05, 0) is 54.5 Å². The monoisotopic (exact) mass is 517 g/mol. The molecule has 35 heavy (non-hydrogen) atoms. The first-order valence-corrected chi connectivity index (χ1v) is 14.3. The highest BCUT2D eigenvalue weighted by Gasteiger charge is 2.35. The number of nitrogens with one attached hydrogen (secondary N) is 2. The first-order valence-electron chi connectivity index (χ1n) is 11.2. The molecule has 1 saturated heterocycles. The Morgan fingerprint density at radius 1 is 1.06 bits per heavy atom. The van der Waals surface area contributed by atoms with Crippen molar-refractivity contribution in [2.75, 3.05) is 16.6 Å². The number of anilines is 1. The molecule has 2 aliphatic rings. The number of benzene rings is 2. The fourth-order valence-electron chi connectivity index (χ4n) is 4.20. The molecule has 2 aromatic carbocycles. The van der Waals surface area contributed by atoms with Gasteiger partial charge in [0.15, 0.2) is 0 Å². The van der Waals surface area contributed by atoms with Crippen molar-refractivity contribution in [3.05, 3.63) is 83.5 Å². The summed E-state index contributed by atoms with van der Waals surface area (Å²) in [7, 11) is -7.69. The van der Waals surface area contributed by atoms with Crippen molar-refractivity contribution in [3.8, 4) is 5.75 Å². The number of hydrogen-bond acceptors (Lipinski definition) is 6. The summed E-state index contributed by atoms with van der Waals surface area (Å²) >= 11 is 0. The van der Waals surface area contributed by atoms with Crippen LogP contribution in [0.2, 0.25) is 0 Å². The summed E-state index contributed by atoms with van der Waals surface area (Å²) in [6.45, 7) is -0.421. The zero-order valence-corrected chi connectivity index (χ0v) is 20.6. The third-order valence-corrected chi connectivity index (χ3v) is 8.51. The van der Waals surface area contributed by atoms with Gasteiger partial charge in [0.05, 0.1) is 11.4 Å². The second-order valence-corrected chi connectivity index (χ2v) is 11.9. The third-order valence-electron chi connectivity index (χ3n) is 5.71. The molecule has 0 aromatic heterocycles. The molecule has 4 rings (SSSR count).